The van der Waals surface area contributed by atoms with E-state index in [-0.39, 0.29) is 16.8 Å². The smallest absolute Gasteiger partial charge is 0.417 e. The number of carboxylic acid groups (broad SMARTS) is 1. The molecular formula is C14H10F3N3O2. The molecule has 2 aromatic heterocycles. The molecule has 0 aliphatic heterocycles. The van der Waals surface area contributed by atoms with Crippen molar-refractivity contribution in [2.24, 2.45) is 7.05 Å². The highest BCUT2D eigenvalue weighted by atomic mass is 19.4. The maximum absolute atomic E-state index is 13.1. The van der Waals surface area contributed by atoms with Crippen LogP contribution in [0.4, 0.5) is 13.2 Å². The van der Waals surface area contributed by atoms with Crippen molar-refractivity contribution < 1.29 is 23.1 Å². The molecule has 0 amide bonds. The van der Waals surface area contributed by atoms with Crippen LogP contribution in [-0.2, 0) is 13.2 Å². The fourth-order valence-corrected chi connectivity index (χ4v) is 2.42. The number of halogens is 3. The quantitative estimate of drug-likeness (QED) is 0.763. The predicted molar refractivity (Wildman–Crippen MR) is 72.5 cm³/mol. The topological polar surface area (TPSA) is 70.9 Å². The Morgan fingerprint density at radius 1 is 1.32 bits per heavy atom. The minimum absolute atomic E-state index is 0.0485. The van der Waals surface area contributed by atoms with Crippen LogP contribution >= 0.6 is 0 Å². The van der Waals surface area contributed by atoms with E-state index in [0.717, 1.165) is 6.07 Å². The van der Waals surface area contributed by atoms with Gasteiger partial charge in [0.1, 0.15) is 11.4 Å². The number of aromatic carboxylic acids is 1. The maximum Gasteiger partial charge on any atom is 0.417 e. The monoisotopic (exact) mass is 309 g/mol. The van der Waals surface area contributed by atoms with Gasteiger partial charge in [-0.2, -0.15) is 18.3 Å². The maximum atomic E-state index is 13.1. The van der Waals surface area contributed by atoms with Crippen molar-refractivity contribution >= 4 is 16.9 Å². The van der Waals surface area contributed by atoms with Crippen LogP contribution in [0.3, 0.4) is 0 Å². The van der Waals surface area contributed by atoms with Crippen LogP contribution < -0.4 is 0 Å². The number of benzene rings is 1. The Kier molecular flexibility index (Phi) is 2.98. The molecule has 0 radical (unpaired) electrons. The number of alkyl halides is 3. The van der Waals surface area contributed by atoms with Gasteiger partial charge in [-0.1, -0.05) is 6.07 Å². The largest absolute Gasteiger partial charge is 0.477 e. The number of aromatic nitrogens is 3. The molecule has 3 aromatic rings. The number of hydrogen-bond acceptors (Lipinski definition) is 2. The molecule has 2 heterocycles. The predicted octanol–water partition coefficient (Wildman–Crippen LogP) is 3.29. The van der Waals surface area contributed by atoms with Gasteiger partial charge in [0.15, 0.2) is 0 Å². The molecule has 3 rings (SSSR count). The first kappa shape index (κ1) is 14.2. The van der Waals surface area contributed by atoms with Crippen molar-refractivity contribution in [3.8, 4) is 11.4 Å². The summed E-state index contributed by atoms with van der Waals surface area (Å²) in [5, 5.41) is 15.1. The summed E-state index contributed by atoms with van der Waals surface area (Å²) in [6.45, 7) is 0. The highest BCUT2D eigenvalue weighted by Gasteiger charge is 2.33. The van der Waals surface area contributed by atoms with Gasteiger partial charge in [-0.05, 0) is 18.2 Å². The van der Waals surface area contributed by atoms with Crippen LogP contribution in [0, 0.1) is 0 Å². The molecule has 0 fully saturated rings. The molecule has 5 nitrogen and oxygen atoms in total. The average molecular weight is 309 g/mol. The van der Waals surface area contributed by atoms with Gasteiger partial charge in [-0.25, -0.2) is 4.79 Å². The van der Waals surface area contributed by atoms with Crippen molar-refractivity contribution in [1.82, 2.24) is 14.8 Å². The first-order chi connectivity index (χ1) is 10.3. The Morgan fingerprint density at radius 3 is 2.64 bits per heavy atom. The number of fused-ring (bicyclic) bond motifs is 1. The van der Waals surface area contributed by atoms with E-state index in [1.54, 1.807) is 17.7 Å². The van der Waals surface area contributed by atoms with Crippen LogP contribution in [-0.4, -0.2) is 25.8 Å². The lowest BCUT2D eigenvalue weighted by Crippen LogP contribution is -2.05. The lowest BCUT2D eigenvalue weighted by atomic mass is 10.1. The Hall–Kier alpha value is -2.77. The highest BCUT2D eigenvalue weighted by Crippen LogP contribution is 2.37. The molecule has 0 bridgehead atoms. The second kappa shape index (κ2) is 4.62. The Morgan fingerprint density at radius 2 is 2.05 bits per heavy atom. The lowest BCUT2D eigenvalue weighted by Gasteiger charge is -2.07. The van der Waals surface area contributed by atoms with Crippen molar-refractivity contribution in [2.75, 3.05) is 0 Å². The van der Waals surface area contributed by atoms with Crippen molar-refractivity contribution in [2.45, 2.75) is 6.18 Å². The van der Waals surface area contributed by atoms with Crippen molar-refractivity contribution in [3.63, 3.8) is 0 Å². The number of nitrogens with one attached hydrogen (secondary N) is 1. The van der Waals surface area contributed by atoms with Crippen molar-refractivity contribution in [3.05, 3.63) is 41.6 Å². The number of nitrogens with zero attached hydrogens (tertiary/aromatic N) is 2. The second-order valence-electron chi connectivity index (χ2n) is 4.80. The number of carbonyl (C=O) groups is 1. The van der Waals surface area contributed by atoms with Gasteiger partial charge in [0.2, 0.25) is 0 Å². The van der Waals surface area contributed by atoms with E-state index in [1.165, 1.54) is 18.2 Å². The van der Waals surface area contributed by atoms with Gasteiger partial charge in [0.05, 0.1) is 11.3 Å². The summed E-state index contributed by atoms with van der Waals surface area (Å²) < 4.78 is 40.7. The molecular weight excluding hydrogens is 299 g/mol. The van der Waals surface area contributed by atoms with E-state index in [0.29, 0.717) is 11.2 Å². The summed E-state index contributed by atoms with van der Waals surface area (Å²) >= 11 is 0. The molecule has 0 aliphatic carbocycles. The third-order valence-corrected chi connectivity index (χ3v) is 3.46. The summed E-state index contributed by atoms with van der Waals surface area (Å²) in [5.74, 6) is -1.19. The number of hydrogen-bond donors (Lipinski definition) is 2. The SMILES string of the molecule is Cn1c(-c2cc(C(=O)O)[nH]n2)cc2c(C(F)(F)F)cccc21. The van der Waals surface area contributed by atoms with Crippen LogP contribution in [0.15, 0.2) is 30.3 Å². The lowest BCUT2D eigenvalue weighted by molar-refractivity contribution is -0.136. The molecule has 22 heavy (non-hydrogen) atoms. The van der Waals surface area contributed by atoms with Crippen molar-refractivity contribution in [1.29, 1.82) is 0 Å². The van der Waals surface area contributed by atoms with Gasteiger partial charge in [0, 0.05) is 24.0 Å². The molecule has 0 spiro atoms. The van der Waals surface area contributed by atoms with Crippen LogP contribution in [0.25, 0.3) is 22.3 Å². The zero-order chi connectivity index (χ0) is 16.1. The van der Waals surface area contributed by atoms with Gasteiger partial charge < -0.3 is 9.67 Å². The number of carboxylic acids is 1. The van der Waals surface area contributed by atoms with Gasteiger partial charge >= 0.3 is 12.1 Å². The number of aryl methyl sites for hydroxylation is 1. The first-order valence-electron chi connectivity index (χ1n) is 6.24. The molecule has 0 unspecified atom stereocenters. The molecule has 2 N–H and O–H groups in total. The molecule has 8 heteroatoms. The third-order valence-electron chi connectivity index (χ3n) is 3.46. The standard InChI is InChI=1S/C14H10F3N3O2/c1-20-11-4-2-3-8(14(15,16)17)7(11)5-12(20)9-6-10(13(21)22)19-18-9/h2-6H,1H3,(H,18,19)(H,21,22). The molecule has 114 valence electrons. The molecule has 0 saturated carbocycles. The summed E-state index contributed by atoms with van der Waals surface area (Å²) in [6, 6.07) is 6.56. The van der Waals surface area contributed by atoms with E-state index < -0.39 is 17.7 Å². The minimum atomic E-state index is -4.46. The molecule has 0 aliphatic rings. The van der Waals surface area contributed by atoms with Crippen LogP contribution in [0.2, 0.25) is 0 Å². The summed E-state index contributed by atoms with van der Waals surface area (Å²) in [6.07, 6.45) is -4.46. The number of rotatable bonds is 2. The zero-order valence-electron chi connectivity index (χ0n) is 11.3. The zero-order valence-corrected chi connectivity index (χ0v) is 11.3. The van der Waals surface area contributed by atoms with E-state index in [2.05, 4.69) is 10.2 Å². The normalized spacial score (nSPS) is 12.0. The number of H-pyrrole nitrogens is 1. The average Bonchev–Trinajstić information content (AvgIpc) is 3.03. The minimum Gasteiger partial charge on any atom is -0.477 e. The van der Waals surface area contributed by atoms with Gasteiger partial charge in [-0.3, -0.25) is 5.10 Å². The Balaban J connectivity index is 2.23. The first-order valence-corrected chi connectivity index (χ1v) is 6.24. The fraction of sp³-hybridized carbons (Fsp3) is 0.143. The van der Waals surface area contributed by atoms with E-state index in [4.69, 9.17) is 5.11 Å². The van der Waals surface area contributed by atoms with E-state index in [9.17, 15) is 18.0 Å². The molecule has 0 saturated heterocycles. The molecule has 0 atom stereocenters. The van der Waals surface area contributed by atoms with Crippen LogP contribution in [0.5, 0.6) is 0 Å². The summed E-state index contributed by atoms with van der Waals surface area (Å²) in [5.41, 5.74) is 0.196. The van der Waals surface area contributed by atoms with Crippen LogP contribution in [0.1, 0.15) is 16.1 Å². The second-order valence-corrected chi connectivity index (χ2v) is 4.80. The fourth-order valence-electron chi connectivity index (χ4n) is 2.42. The van der Waals surface area contributed by atoms with Gasteiger partial charge in [0.25, 0.3) is 0 Å². The third kappa shape index (κ3) is 2.12. The highest BCUT2D eigenvalue weighted by molar-refractivity contribution is 5.91. The van der Waals surface area contributed by atoms with Gasteiger partial charge in [-0.15, -0.1) is 0 Å². The van der Waals surface area contributed by atoms with E-state index >= 15 is 0 Å². The molecule has 1 aromatic carbocycles. The summed E-state index contributed by atoms with van der Waals surface area (Å²) in [4.78, 5) is 10.9. The number of aromatic amines is 1. The Labute approximate surface area is 122 Å². The van der Waals surface area contributed by atoms with E-state index in [1.807, 2.05) is 0 Å². The Bertz CT molecular complexity index is 877. The summed E-state index contributed by atoms with van der Waals surface area (Å²) in [7, 11) is 1.60.